The molecule has 0 unspecified atom stereocenters. The molecule has 1 saturated heterocycles. The summed E-state index contributed by atoms with van der Waals surface area (Å²) in [6, 6.07) is 4.26. The summed E-state index contributed by atoms with van der Waals surface area (Å²) in [5, 5.41) is 0. The van der Waals surface area contributed by atoms with Crippen molar-refractivity contribution in [2.45, 2.75) is 57.4 Å². The average Bonchev–Trinajstić information content (AvgIpc) is 2.95. The summed E-state index contributed by atoms with van der Waals surface area (Å²) in [5.41, 5.74) is 0.197. The zero-order chi connectivity index (χ0) is 12.4. The lowest BCUT2D eigenvalue weighted by molar-refractivity contribution is -0.0266. The largest absolute Gasteiger partial charge is 0.467 e. The second kappa shape index (κ2) is 5.08. The molecule has 1 saturated carbocycles. The molecule has 0 bridgehead atoms. The van der Waals surface area contributed by atoms with Crippen LogP contribution in [0.3, 0.4) is 0 Å². The maximum Gasteiger partial charge on any atom is 0.124 e. The Bertz CT molecular complexity index is 366. The van der Waals surface area contributed by atoms with Crippen LogP contribution in [-0.2, 0) is 5.54 Å². The molecular weight excluding hydrogens is 222 g/mol. The molecule has 1 aromatic rings. The fourth-order valence-electron chi connectivity index (χ4n) is 4.14. The Morgan fingerprint density at radius 2 is 2.00 bits per heavy atom. The first-order valence-electron chi connectivity index (χ1n) is 7.63. The van der Waals surface area contributed by atoms with Gasteiger partial charge in [-0.2, -0.15) is 0 Å². The molecule has 2 aliphatic rings. The molecule has 1 aliphatic heterocycles. The zero-order valence-electron chi connectivity index (χ0n) is 11.5. The summed E-state index contributed by atoms with van der Waals surface area (Å²) >= 11 is 0. The molecule has 0 spiro atoms. The Kier molecular flexibility index (Phi) is 3.47. The average molecular weight is 247 g/mol. The molecule has 2 heteroatoms. The minimum atomic E-state index is 0.197. The minimum Gasteiger partial charge on any atom is -0.467 e. The summed E-state index contributed by atoms with van der Waals surface area (Å²) in [5.74, 6) is 1.94. The maximum absolute atomic E-state index is 5.86. The number of hydrogen-bond acceptors (Lipinski definition) is 2. The molecule has 2 fully saturated rings. The van der Waals surface area contributed by atoms with Gasteiger partial charge in [0.05, 0.1) is 11.8 Å². The van der Waals surface area contributed by atoms with Crippen molar-refractivity contribution in [1.29, 1.82) is 0 Å². The van der Waals surface area contributed by atoms with Crippen molar-refractivity contribution in [2.75, 3.05) is 13.1 Å². The Labute approximate surface area is 110 Å². The lowest BCUT2D eigenvalue weighted by Crippen LogP contribution is -2.53. The topological polar surface area (TPSA) is 16.4 Å². The summed E-state index contributed by atoms with van der Waals surface area (Å²) in [6.07, 6.45) is 11.3. The molecule has 3 rings (SSSR count). The molecular formula is C16H25NO. The first-order chi connectivity index (χ1) is 8.84. The monoisotopic (exact) mass is 247 g/mol. The number of nitrogens with zero attached hydrogens (tertiary/aromatic N) is 1. The first-order valence-corrected chi connectivity index (χ1v) is 7.63. The van der Waals surface area contributed by atoms with E-state index in [9.17, 15) is 0 Å². The maximum atomic E-state index is 5.86. The lowest BCUT2D eigenvalue weighted by atomic mass is 9.70. The second-order valence-electron chi connectivity index (χ2n) is 6.10. The van der Waals surface area contributed by atoms with E-state index in [1.54, 1.807) is 0 Å². The molecule has 0 amide bonds. The summed E-state index contributed by atoms with van der Waals surface area (Å²) in [4.78, 5) is 2.74. The van der Waals surface area contributed by atoms with E-state index in [0.717, 1.165) is 5.92 Å². The number of hydrogen-bond donors (Lipinski definition) is 0. The van der Waals surface area contributed by atoms with Crippen LogP contribution in [0.4, 0.5) is 0 Å². The van der Waals surface area contributed by atoms with Gasteiger partial charge in [0.1, 0.15) is 5.76 Å². The Balaban J connectivity index is 1.96. The third-order valence-corrected chi connectivity index (χ3v) is 5.13. The number of furan rings is 1. The number of piperidine rings is 1. The van der Waals surface area contributed by atoms with Gasteiger partial charge in [0.15, 0.2) is 0 Å². The van der Waals surface area contributed by atoms with E-state index >= 15 is 0 Å². The first kappa shape index (κ1) is 12.3. The van der Waals surface area contributed by atoms with Gasteiger partial charge in [-0.3, -0.25) is 4.90 Å². The van der Waals surface area contributed by atoms with Gasteiger partial charge in [-0.25, -0.2) is 0 Å². The van der Waals surface area contributed by atoms with Gasteiger partial charge in [0, 0.05) is 0 Å². The fourth-order valence-corrected chi connectivity index (χ4v) is 4.14. The van der Waals surface area contributed by atoms with E-state index in [2.05, 4.69) is 24.0 Å². The Morgan fingerprint density at radius 1 is 1.17 bits per heavy atom. The van der Waals surface area contributed by atoms with Crippen LogP contribution in [0.15, 0.2) is 22.8 Å². The molecule has 1 aromatic heterocycles. The van der Waals surface area contributed by atoms with E-state index < -0.39 is 0 Å². The van der Waals surface area contributed by atoms with Crippen molar-refractivity contribution in [3.8, 4) is 0 Å². The highest BCUT2D eigenvalue weighted by Crippen LogP contribution is 2.47. The van der Waals surface area contributed by atoms with Crippen molar-refractivity contribution < 1.29 is 4.42 Å². The third kappa shape index (κ3) is 1.91. The van der Waals surface area contributed by atoms with Crippen LogP contribution in [0, 0.1) is 5.92 Å². The van der Waals surface area contributed by atoms with Gasteiger partial charge in [0.2, 0.25) is 0 Å². The lowest BCUT2D eigenvalue weighted by Gasteiger charge is -2.50. The van der Waals surface area contributed by atoms with E-state index in [1.807, 2.05) is 6.26 Å². The highest BCUT2D eigenvalue weighted by Gasteiger charge is 2.46. The van der Waals surface area contributed by atoms with Crippen LogP contribution in [0.1, 0.15) is 57.6 Å². The SMILES string of the molecule is C[C@@H]1CCCC[C@@]1(c1ccco1)N1CCCCC1. The van der Waals surface area contributed by atoms with Gasteiger partial charge in [-0.05, 0) is 56.8 Å². The molecule has 0 radical (unpaired) electrons. The highest BCUT2D eigenvalue weighted by molar-refractivity contribution is 5.16. The third-order valence-electron chi connectivity index (χ3n) is 5.13. The van der Waals surface area contributed by atoms with E-state index in [4.69, 9.17) is 4.42 Å². The number of rotatable bonds is 2. The van der Waals surface area contributed by atoms with Gasteiger partial charge >= 0.3 is 0 Å². The number of likely N-dealkylation sites (tertiary alicyclic amines) is 1. The molecule has 2 heterocycles. The molecule has 2 nitrogen and oxygen atoms in total. The summed E-state index contributed by atoms with van der Waals surface area (Å²) in [6.45, 7) is 4.94. The van der Waals surface area contributed by atoms with Gasteiger partial charge in [-0.1, -0.05) is 26.2 Å². The van der Waals surface area contributed by atoms with Crippen molar-refractivity contribution in [2.24, 2.45) is 5.92 Å². The van der Waals surface area contributed by atoms with Crippen LogP contribution in [0.2, 0.25) is 0 Å². The van der Waals surface area contributed by atoms with Crippen molar-refractivity contribution in [3.05, 3.63) is 24.2 Å². The van der Waals surface area contributed by atoms with Crippen LogP contribution in [0.25, 0.3) is 0 Å². The van der Waals surface area contributed by atoms with Crippen molar-refractivity contribution in [1.82, 2.24) is 4.90 Å². The zero-order valence-corrected chi connectivity index (χ0v) is 11.5. The molecule has 2 atom stereocenters. The molecule has 100 valence electrons. The minimum absolute atomic E-state index is 0.197. The van der Waals surface area contributed by atoms with Gasteiger partial charge < -0.3 is 4.42 Å². The highest BCUT2D eigenvalue weighted by atomic mass is 16.3. The summed E-state index contributed by atoms with van der Waals surface area (Å²) in [7, 11) is 0. The van der Waals surface area contributed by atoms with E-state index in [0.29, 0.717) is 0 Å². The predicted molar refractivity (Wildman–Crippen MR) is 73.4 cm³/mol. The quantitative estimate of drug-likeness (QED) is 0.780. The van der Waals surface area contributed by atoms with Crippen LogP contribution in [-0.4, -0.2) is 18.0 Å². The van der Waals surface area contributed by atoms with Gasteiger partial charge in [-0.15, -0.1) is 0 Å². The Morgan fingerprint density at radius 3 is 2.67 bits per heavy atom. The Hall–Kier alpha value is -0.760. The summed E-state index contributed by atoms with van der Waals surface area (Å²) < 4.78 is 5.86. The van der Waals surface area contributed by atoms with Crippen molar-refractivity contribution >= 4 is 0 Å². The second-order valence-corrected chi connectivity index (χ2v) is 6.10. The standard InChI is InChI=1S/C16H25NO/c1-14-8-3-4-10-16(14,15-9-7-13-18-15)17-11-5-2-6-12-17/h7,9,13-14H,2-6,8,10-12H2,1H3/t14-,16-/m1/s1. The normalized spacial score (nSPS) is 34.6. The molecule has 0 aromatic carbocycles. The van der Waals surface area contributed by atoms with E-state index in [-0.39, 0.29) is 5.54 Å². The predicted octanol–water partition coefficient (Wildman–Crippen LogP) is 4.17. The fraction of sp³-hybridized carbons (Fsp3) is 0.750. The molecule has 0 N–H and O–H groups in total. The van der Waals surface area contributed by atoms with E-state index in [1.165, 1.54) is 63.8 Å². The van der Waals surface area contributed by atoms with Crippen LogP contribution >= 0.6 is 0 Å². The van der Waals surface area contributed by atoms with Crippen LogP contribution < -0.4 is 0 Å². The van der Waals surface area contributed by atoms with Gasteiger partial charge in [0.25, 0.3) is 0 Å². The molecule has 1 aliphatic carbocycles. The van der Waals surface area contributed by atoms with Crippen LogP contribution in [0.5, 0.6) is 0 Å². The smallest absolute Gasteiger partial charge is 0.124 e. The molecule has 18 heavy (non-hydrogen) atoms. The van der Waals surface area contributed by atoms with Crippen molar-refractivity contribution in [3.63, 3.8) is 0 Å².